The topological polar surface area (TPSA) is 65.2 Å². The van der Waals surface area contributed by atoms with Crippen LogP contribution in [0.1, 0.15) is 23.2 Å². The summed E-state index contributed by atoms with van der Waals surface area (Å²) in [7, 11) is 1.21. The SMILES string of the molecule is COC(=O)Cc1c(C(F)F)ncc(CN)c1I. The number of nitrogens with two attached hydrogens (primary N) is 1. The van der Waals surface area contributed by atoms with Crippen LogP contribution in [0.3, 0.4) is 0 Å². The van der Waals surface area contributed by atoms with Gasteiger partial charge in [-0.1, -0.05) is 0 Å². The molecule has 0 aliphatic rings. The number of carbonyl (C=O) groups is 1. The third kappa shape index (κ3) is 3.32. The molecule has 1 heterocycles. The molecule has 1 rings (SSSR count). The number of aromatic nitrogens is 1. The summed E-state index contributed by atoms with van der Waals surface area (Å²) in [5.41, 5.74) is 5.89. The van der Waals surface area contributed by atoms with Crippen molar-refractivity contribution in [2.75, 3.05) is 7.11 Å². The van der Waals surface area contributed by atoms with E-state index in [1.165, 1.54) is 13.3 Å². The Morgan fingerprint density at radius 1 is 1.65 bits per heavy atom. The molecule has 17 heavy (non-hydrogen) atoms. The Labute approximate surface area is 111 Å². The van der Waals surface area contributed by atoms with Crippen molar-refractivity contribution in [2.45, 2.75) is 19.4 Å². The average Bonchev–Trinajstić information content (AvgIpc) is 2.30. The Kier molecular flexibility index (Phi) is 5.19. The van der Waals surface area contributed by atoms with Gasteiger partial charge in [0.05, 0.1) is 13.5 Å². The Bertz CT molecular complexity index is 427. The molecule has 0 saturated carbocycles. The van der Waals surface area contributed by atoms with Crippen molar-refractivity contribution in [1.82, 2.24) is 4.98 Å². The minimum Gasteiger partial charge on any atom is -0.469 e. The Balaban J connectivity index is 3.24. The largest absolute Gasteiger partial charge is 0.469 e. The molecule has 2 N–H and O–H groups in total. The van der Waals surface area contributed by atoms with Crippen LogP contribution in [-0.4, -0.2) is 18.1 Å². The van der Waals surface area contributed by atoms with Gasteiger partial charge >= 0.3 is 5.97 Å². The van der Waals surface area contributed by atoms with Gasteiger partial charge in [0, 0.05) is 21.9 Å². The van der Waals surface area contributed by atoms with Crippen molar-refractivity contribution < 1.29 is 18.3 Å². The predicted molar refractivity (Wildman–Crippen MR) is 65.5 cm³/mol. The summed E-state index contributed by atoms with van der Waals surface area (Å²) in [5.74, 6) is -0.583. The van der Waals surface area contributed by atoms with Gasteiger partial charge in [-0.2, -0.15) is 0 Å². The van der Waals surface area contributed by atoms with Crippen LogP contribution in [0.15, 0.2) is 6.20 Å². The van der Waals surface area contributed by atoms with E-state index >= 15 is 0 Å². The number of alkyl halides is 2. The standard InChI is InChI=1S/C10H11F2IN2O2/c1-17-7(16)2-6-8(13)5(3-14)4-15-9(6)10(11)12/h4,10H,2-3,14H2,1H3. The number of carbonyl (C=O) groups excluding carboxylic acids is 1. The lowest BCUT2D eigenvalue weighted by Gasteiger charge is -2.12. The van der Waals surface area contributed by atoms with E-state index in [2.05, 4.69) is 9.72 Å². The predicted octanol–water partition coefficient (Wildman–Crippen LogP) is 1.80. The minimum atomic E-state index is -2.73. The molecule has 0 fully saturated rings. The third-order valence-electron chi connectivity index (χ3n) is 2.19. The molecule has 0 radical (unpaired) electrons. The van der Waals surface area contributed by atoms with Crippen molar-refractivity contribution in [1.29, 1.82) is 0 Å². The Hall–Kier alpha value is -0.830. The Morgan fingerprint density at radius 3 is 2.76 bits per heavy atom. The average molecular weight is 356 g/mol. The van der Waals surface area contributed by atoms with Crippen LogP contribution in [0.25, 0.3) is 0 Å². The van der Waals surface area contributed by atoms with Crippen LogP contribution in [0.5, 0.6) is 0 Å². The lowest BCUT2D eigenvalue weighted by Crippen LogP contribution is -2.13. The molecule has 0 saturated heterocycles. The number of hydrogen-bond acceptors (Lipinski definition) is 4. The monoisotopic (exact) mass is 356 g/mol. The number of nitrogens with zero attached hydrogens (tertiary/aromatic N) is 1. The highest BCUT2D eigenvalue weighted by atomic mass is 127. The van der Waals surface area contributed by atoms with Gasteiger partial charge in [0.1, 0.15) is 5.69 Å². The second kappa shape index (κ2) is 6.20. The van der Waals surface area contributed by atoms with Gasteiger partial charge in [-0.05, 0) is 28.2 Å². The van der Waals surface area contributed by atoms with E-state index in [4.69, 9.17) is 5.73 Å². The van der Waals surface area contributed by atoms with Crippen LogP contribution < -0.4 is 5.73 Å². The smallest absolute Gasteiger partial charge is 0.310 e. The molecular weight excluding hydrogens is 345 g/mol. The zero-order valence-corrected chi connectivity index (χ0v) is 11.2. The zero-order chi connectivity index (χ0) is 13.0. The van der Waals surface area contributed by atoms with Crippen LogP contribution in [0.4, 0.5) is 8.78 Å². The first-order valence-corrected chi connectivity index (χ1v) is 5.80. The van der Waals surface area contributed by atoms with Gasteiger partial charge in [-0.25, -0.2) is 8.78 Å². The van der Waals surface area contributed by atoms with Crippen molar-refractivity contribution in [3.63, 3.8) is 0 Å². The molecule has 0 bridgehead atoms. The molecule has 0 atom stereocenters. The summed E-state index contributed by atoms with van der Waals surface area (Å²) in [5, 5.41) is 0. The summed E-state index contributed by atoms with van der Waals surface area (Å²) in [6.07, 6.45) is -1.64. The molecular formula is C10H11F2IN2O2. The molecule has 0 aliphatic heterocycles. The third-order valence-corrected chi connectivity index (χ3v) is 3.53. The van der Waals surface area contributed by atoms with Gasteiger partial charge < -0.3 is 10.5 Å². The highest BCUT2D eigenvalue weighted by Crippen LogP contribution is 2.27. The number of rotatable bonds is 4. The molecule has 0 spiro atoms. The van der Waals surface area contributed by atoms with Gasteiger partial charge in [0.2, 0.25) is 0 Å². The van der Waals surface area contributed by atoms with Crippen LogP contribution in [0.2, 0.25) is 0 Å². The van der Waals surface area contributed by atoms with E-state index in [1.54, 1.807) is 0 Å². The minimum absolute atomic E-state index is 0.183. The van der Waals surface area contributed by atoms with E-state index in [-0.39, 0.29) is 18.5 Å². The first-order chi connectivity index (χ1) is 8.01. The highest BCUT2D eigenvalue weighted by Gasteiger charge is 2.21. The molecule has 1 aromatic heterocycles. The number of pyridine rings is 1. The molecule has 0 aliphatic carbocycles. The van der Waals surface area contributed by atoms with Gasteiger partial charge in [-0.3, -0.25) is 9.78 Å². The van der Waals surface area contributed by atoms with Crippen LogP contribution in [0, 0.1) is 3.57 Å². The second-order valence-electron chi connectivity index (χ2n) is 3.22. The first kappa shape index (κ1) is 14.2. The van der Waals surface area contributed by atoms with Crippen molar-refractivity contribution >= 4 is 28.6 Å². The molecule has 4 nitrogen and oxygen atoms in total. The van der Waals surface area contributed by atoms with Crippen molar-refractivity contribution in [3.05, 3.63) is 26.6 Å². The fourth-order valence-corrected chi connectivity index (χ4v) is 2.13. The number of hydrogen-bond donors (Lipinski definition) is 1. The van der Waals surface area contributed by atoms with Crippen molar-refractivity contribution in [2.24, 2.45) is 5.73 Å². The molecule has 1 aromatic rings. The van der Waals surface area contributed by atoms with Crippen molar-refractivity contribution in [3.8, 4) is 0 Å². The molecule has 0 unspecified atom stereocenters. The van der Waals surface area contributed by atoms with Crippen LogP contribution >= 0.6 is 22.6 Å². The summed E-state index contributed by atoms with van der Waals surface area (Å²) >= 11 is 1.89. The first-order valence-electron chi connectivity index (χ1n) is 4.72. The normalized spacial score (nSPS) is 10.7. The van der Waals surface area contributed by atoms with E-state index in [9.17, 15) is 13.6 Å². The summed E-state index contributed by atoms with van der Waals surface area (Å²) in [6, 6.07) is 0. The second-order valence-corrected chi connectivity index (χ2v) is 4.30. The summed E-state index contributed by atoms with van der Waals surface area (Å²) in [6.45, 7) is 0.183. The number of esters is 1. The molecule has 0 amide bonds. The fraction of sp³-hybridized carbons (Fsp3) is 0.400. The molecule has 7 heteroatoms. The maximum absolute atomic E-state index is 12.7. The Morgan fingerprint density at radius 2 is 2.29 bits per heavy atom. The maximum Gasteiger partial charge on any atom is 0.310 e. The molecule has 0 aromatic carbocycles. The van der Waals surface area contributed by atoms with E-state index in [1.807, 2.05) is 22.6 Å². The highest BCUT2D eigenvalue weighted by molar-refractivity contribution is 14.1. The summed E-state index contributed by atoms with van der Waals surface area (Å²) < 4.78 is 30.5. The van der Waals surface area contributed by atoms with E-state index in [0.717, 1.165) is 0 Å². The van der Waals surface area contributed by atoms with Gasteiger partial charge in [-0.15, -0.1) is 0 Å². The van der Waals surface area contributed by atoms with Gasteiger partial charge in [0.25, 0.3) is 6.43 Å². The molecule has 94 valence electrons. The quantitative estimate of drug-likeness (QED) is 0.660. The lowest BCUT2D eigenvalue weighted by atomic mass is 10.1. The number of methoxy groups -OCH3 is 1. The zero-order valence-electron chi connectivity index (χ0n) is 9.04. The van der Waals surface area contributed by atoms with Crippen LogP contribution in [-0.2, 0) is 22.5 Å². The number of halogens is 3. The van der Waals surface area contributed by atoms with E-state index < -0.39 is 18.1 Å². The fourth-order valence-electron chi connectivity index (χ4n) is 1.30. The van der Waals surface area contributed by atoms with E-state index in [0.29, 0.717) is 9.13 Å². The lowest BCUT2D eigenvalue weighted by molar-refractivity contribution is -0.139. The summed E-state index contributed by atoms with van der Waals surface area (Å²) in [4.78, 5) is 14.8. The maximum atomic E-state index is 12.7. The number of ether oxygens (including phenoxy) is 1. The van der Waals surface area contributed by atoms with Gasteiger partial charge in [0.15, 0.2) is 0 Å².